The van der Waals surface area contributed by atoms with Gasteiger partial charge in [0.1, 0.15) is 5.82 Å². The Bertz CT molecular complexity index is 530. The third kappa shape index (κ3) is 3.13. The van der Waals surface area contributed by atoms with Gasteiger partial charge in [0.15, 0.2) is 0 Å². The molecule has 2 saturated heterocycles. The number of ether oxygens (including phenoxy) is 1. The number of hydrogen-bond acceptors (Lipinski definition) is 3. The monoisotopic (exact) mass is 304 g/mol. The Kier molecular flexibility index (Phi) is 3.82. The maximum atomic E-state index is 13.5. The lowest BCUT2D eigenvalue weighted by molar-refractivity contribution is -0.115. The van der Waals surface area contributed by atoms with Gasteiger partial charge in [-0.15, -0.1) is 0 Å². The number of benzene rings is 1. The zero-order valence-corrected chi connectivity index (χ0v) is 13.1. The van der Waals surface area contributed by atoms with Crippen molar-refractivity contribution < 1.29 is 9.13 Å². The molecule has 3 fully saturated rings. The van der Waals surface area contributed by atoms with Crippen molar-refractivity contribution in [1.82, 2.24) is 4.90 Å². The Morgan fingerprint density at radius 1 is 1.23 bits per heavy atom. The lowest BCUT2D eigenvalue weighted by atomic mass is 9.90. The van der Waals surface area contributed by atoms with Crippen LogP contribution in [0.4, 0.5) is 10.1 Å². The Labute approximate surface area is 132 Å². The van der Waals surface area contributed by atoms with Gasteiger partial charge in [-0.3, -0.25) is 4.90 Å². The highest BCUT2D eigenvalue weighted by Crippen LogP contribution is 2.35. The number of halogens is 1. The van der Waals surface area contributed by atoms with E-state index in [9.17, 15) is 4.39 Å². The second kappa shape index (κ2) is 5.82. The van der Waals surface area contributed by atoms with Crippen LogP contribution in [0, 0.1) is 11.7 Å². The minimum atomic E-state index is -0.156. The number of nitrogens with zero attached hydrogens (tertiary/aromatic N) is 2. The lowest BCUT2D eigenvalue weighted by Gasteiger charge is -2.48. The quantitative estimate of drug-likeness (QED) is 0.854. The summed E-state index contributed by atoms with van der Waals surface area (Å²) in [6.45, 7) is 6.07. The van der Waals surface area contributed by atoms with Crippen molar-refractivity contribution in [3.63, 3.8) is 0 Å². The zero-order chi connectivity index (χ0) is 15.0. The molecule has 2 aliphatic heterocycles. The molecule has 1 saturated carbocycles. The second-order valence-electron chi connectivity index (χ2n) is 7.21. The Morgan fingerprint density at radius 3 is 2.95 bits per heavy atom. The number of piperidine rings is 1. The largest absolute Gasteiger partial charge is 0.370 e. The van der Waals surface area contributed by atoms with E-state index < -0.39 is 0 Å². The fraction of sp³-hybridized carbons (Fsp3) is 0.667. The molecule has 1 aromatic rings. The van der Waals surface area contributed by atoms with Crippen LogP contribution < -0.4 is 4.90 Å². The first-order valence-corrected chi connectivity index (χ1v) is 8.59. The van der Waals surface area contributed by atoms with E-state index in [0.29, 0.717) is 0 Å². The number of hydrogen-bond donors (Lipinski definition) is 0. The fourth-order valence-corrected chi connectivity index (χ4v) is 3.98. The first kappa shape index (κ1) is 14.5. The van der Waals surface area contributed by atoms with Crippen LogP contribution in [-0.4, -0.2) is 49.8 Å². The summed E-state index contributed by atoms with van der Waals surface area (Å²) in [5, 5.41) is 0. The van der Waals surface area contributed by atoms with E-state index in [2.05, 4.69) is 9.80 Å². The number of anilines is 1. The van der Waals surface area contributed by atoms with Gasteiger partial charge in [-0.1, -0.05) is 6.07 Å². The Hall–Kier alpha value is -1.13. The third-order valence-corrected chi connectivity index (χ3v) is 5.25. The highest BCUT2D eigenvalue weighted by atomic mass is 19.1. The van der Waals surface area contributed by atoms with E-state index in [-0.39, 0.29) is 11.4 Å². The van der Waals surface area contributed by atoms with Crippen molar-refractivity contribution in [3.05, 3.63) is 30.1 Å². The molecule has 1 spiro atoms. The highest BCUT2D eigenvalue weighted by Gasteiger charge is 2.41. The van der Waals surface area contributed by atoms with Crippen LogP contribution >= 0.6 is 0 Å². The molecule has 0 amide bonds. The van der Waals surface area contributed by atoms with E-state index in [0.717, 1.165) is 57.2 Å². The molecule has 2 heterocycles. The van der Waals surface area contributed by atoms with Gasteiger partial charge < -0.3 is 9.64 Å². The molecule has 0 aromatic heterocycles. The molecule has 3 aliphatic rings. The van der Waals surface area contributed by atoms with Crippen LogP contribution in [0.1, 0.15) is 25.7 Å². The van der Waals surface area contributed by atoms with Gasteiger partial charge in [0.25, 0.3) is 0 Å². The standard InChI is InChI=1S/C18H25FN2O/c19-16-3-1-4-17(11-16)21-8-2-7-18(14-21)13-20(9-10-22-18)12-15-5-6-15/h1,3-4,11,15H,2,5-10,12-14H2. The highest BCUT2D eigenvalue weighted by molar-refractivity contribution is 5.47. The summed E-state index contributed by atoms with van der Waals surface area (Å²) in [5.41, 5.74) is 0.930. The van der Waals surface area contributed by atoms with E-state index in [1.165, 1.54) is 25.5 Å². The minimum Gasteiger partial charge on any atom is -0.370 e. The summed E-state index contributed by atoms with van der Waals surface area (Å²) in [6, 6.07) is 6.96. The van der Waals surface area contributed by atoms with Crippen molar-refractivity contribution in [2.75, 3.05) is 44.2 Å². The van der Waals surface area contributed by atoms with Gasteiger partial charge in [0.2, 0.25) is 0 Å². The lowest BCUT2D eigenvalue weighted by Crippen LogP contribution is -2.60. The van der Waals surface area contributed by atoms with E-state index in [1.807, 2.05) is 6.07 Å². The average Bonchev–Trinajstić information content (AvgIpc) is 3.31. The van der Waals surface area contributed by atoms with Crippen LogP contribution in [0.5, 0.6) is 0 Å². The SMILES string of the molecule is Fc1cccc(N2CCCC3(CN(CC4CC4)CCO3)C2)c1. The van der Waals surface area contributed by atoms with Gasteiger partial charge in [-0.25, -0.2) is 4.39 Å². The van der Waals surface area contributed by atoms with Crippen molar-refractivity contribution in [2.24, 2.45) is 5.92 Å². The third-order valence-electron chi connectivity index (χ3n) is 5.25. The molecule has 1 atom stereocenters. The molecule has 1 unspecified atom stereocenters. The first-order valence-electron chi connectivity index (χ1n) is 8.59. The summed E-state index contributed by atoms with van der Waals surface area (Å²) >= 11 is 0. The normalized spacial score (nSPS) is 30.0. The molecular weight excluding hydrogens is 279 g/mol. The summed E-state index contributed by atoms with van der Waals surface area (Å²) in [6.07, 6.45) is 5.05. The molecule has 0 bridgehead atoms. The molecule has 4 rings (SSSR count). The summed E-state index contributed by atoms with van der Waals surface area (Å²) in [4.78, 5) is 4.89. The van der Waals surface area contributed by atoms with E-state index in [1.54, 1.807) is 12.1 Å². The van der Waals surface area contributed by atoms with E-state index >= 15 is 0 Å². The molecular formula is C18H25FN2O. The molecule has 0 N–H and O–H groups in total. The second-order valence-corrected chi connectivity index (χ2v) is 7.21. The average molecular weight is 304 g/mol. The molecule has 4 heteroatoms. The molecule has 1 aromatic carbocycles. The predicted molar refractivity (Wildman–Crippen MR) is 85.7 cm³/mol. The van der Waals surface area contributed by atoms with Gasteiger partial charge in [-0.05, 0) is 49.8 Å². The van der Waals surface area contributed by atoms with Gasteiger partial charge in [0.05, 0.1) is 12.2 Å². The molecule has 22 heavy (non-hydrogen) atoms. The molecule has 0 radical (unpaired) electrons. The van der Waals surface area contributed by atoms with E-state index in [4.69, 9.17) is 4.74 Å². The zero-order valence-electron chi connectivity index (χ0n) is 13.1. The molecule has 120 valence electrons. The predicted octanol–water partition coefficient (Wildman–Crippen LogP) is 2.91. The van der Waals surface area contributed by atoms with Gasteiger partial charge in [0, 0.05) is 38.4 Å². The van der Waals surface area contributed by atoms with Crippen LogP contribution in [-0.2, 0) is 4.74 Å². The van der Waals surface area contributed by atoms with Crippen LogP contribution in [0.3, 0.4) is 0 Å². The summed E-state index contributed by atoms with van der Waals surface area (Å²) in [5.74, 6) is 0.773. The minimum absolute atomic E-state index is 0.0578. The van der Waals surface area contributed by atoms with Crippen molar-refractivity contribution in [3.8, 4) is 0 Å². The maximum Gasteiger partial charge on any atom is 0.125 e. The van der Waals surface area contributed by atoms with Crippen LogP contribution in [0.15, 0.2) is 24.3 Å². The topological polar surface area (TPSA) is 15.7 Å². The molecule has 1 aliphatic carbocycles. The summed E-state index contributed by atoms with van der Waals surface area (Å²) in [7, 11) is 0. The van der Waals surface area contributed by atoms with Gasteiger partial charge in [-0.2, -0.15) is 0 Å². The number of morpholine rings is 1. The fourth-order valence-electron chi connectivity index (χ4n) is 3.98. The summed E-state index contributed by atoms with van der Waals surface area (Å²) < 4.78 is 19.7. The Morgan fingerprint density at radius 2 is 2.14 bits per heavy atom. The van der Waals surface area contributed by atoms with Crippen molar-refractivity contribution in [1.29, 1.82) is 0 Å². The first-order chi connectivity index (χ1) is 10.7. The smallest absolute Gasteiger partial charge is 0.125 e. The van der Waals surface area contributed by atoms with Gasteiger partial charge >= 0.3 is 0 Å². The maximum absolute atomic E-state index is 13.5. The van der Waals surface area contributed by atoms with Crippen LogP contribution in [0.25, 0.3) is 0 Å². The van der Waals surface area contributed by atoms with Crippen molar-refractivity contribution in [2.45, 2.75) is 31.3 Å². The number of rotatable bonds is 3. The van der Waals surface area contributed by atoms with Crippen molar-refractivity contribution >= 4 is 5.69 Å². The van der Waals surface area contributed by atoms with Crippen LogP contribution in [0.2, 0.25) is 0 Å². The molecule has 3 nitrogen and oxygen atoms in total. The Balaban J connectivity index is 1.47.